The van der Waals surface area contributed by atoms with E-state index in [2.05, 4.69) is 10.2 Å². The second kappa shape index (κ2) is 5.61. The van der Waals surface area contributed by atoms with Gasteiger partial charge in [0.15, 0.2) is 11.6 Å². The molecule has 1 aliphatic heterocycles. The maximum Gasteiger partial charge on any atom is 0.424 e. The molecule has 2 atom stereocenters. The number of hydrogen-bond acceptors (Lipinski definition) is 5. The van der Waals surface area contributed by atoms with Crippen LogP contribution in [0.25, 0.3) is 0 Å². The summed E-state index contributed by atoms with van der Waals surface area (Å²) >= 11 is 0. The molecule has 1 amide bonds. The third kappa shape index (κ3) is 3.33. The average Bonchev–Trinajstić information content (AvgIpc) is 2.80. The number of ether oxygens (including phenoxy) is 1. The van der Waals surface area contributed by atoms with Gasteiger partial charge in [0.05, 0.1) is 12.6 Å². The molecule has 1 aromatic rings. The standard InChI is InChI=1S/C14H21F3N4O3/c1-8-6-20(11(22)24-12(2,3)4)7-9-18-19-10(21(8)9)13(5,23)14(15,16)17/h8,23H,6-7H2,1-5H3/t8-,13+/m0/s1. The van der Waals surface area contributed by atoms with E-state index in [1.54, 1.807) is 27.7 Å². The molecule has 0 unspecified atom stereocenters. The second-order valence-electron chi connectivity index (χ2n) is 7.09. The molecule has 2 heterocycles. The summed E-state index contributed by atoms with van der Waals surface area (Å²) in [6, 6.07) is -0.542. The van der Waals surface area contributed by atoms with Crippen LogP contribution in [0.4, 0.5) is 18.0 Å². The van der Waals surface area contributed by atoms with E-state index in [1.807, 2.05) is 0 Å². The summed E-state index contributed by atoms with van der Waals surface area (Å²) in [5, 5.41) is 17.1. The van der Waals surface area contributed by atoms with Gasteiger partial charge in [-0.05, 0) is 34.6 Å². The van der Waals surface area contributed by atoms with Crippen molar-refractivity contribution in [3.63, 3.8) is 0 Å². The third-order valence-electron chi connectivity index (χ3n) is 3.66. The third-order valence-corrected chi connectivity index (χ3v) is 3.66. The van der Waals surface area contributed by atoms with Gasteiger partial charge < -0.3 is 14.4 Å². The maximum absolute atomic E-state index is 13.1. The van der Waals surface area contributed by atoms with Crippen LogP contribution in [-0.4, -0.2) is 49.2 Å². The van der Waals surface area contributed by atoms with E-state index in [0.29, 0.717) is 6.92 Å². The van der Waals surface area contributed by atoms with Gasteiger partial charge >= 0.3 is 12.3 Å². The first-order valence-corrected chi connectivity index (χ1v) is 7.45. The van der Waals surface area contributed by atoms with E-state index in [1.165, 1.54) is 9.47 Å². The zero-order valence-electron chi connectivity index (χ0n) is 14.2. The molecule has 0 aliphatic carbocycles. The number of aliphatic hydroxyl groups is 1. The highest BCUT2D eigenvalue weighted by Crippen LogP contribution is 2.39. The Morgan fingerprint density at radius 1 is 1.25 bits per heavy atom. The van der Waals surface area contributed by atoms with Gasteiger partial charge in [-0.3, -0.25) is 4.90 Å². The summed E-state index contributed by atoms with van der Waals surface area (Å²) in [6.07, 6.45) is -5.47. The molecular formula is C14H21F3N4O3. The summed E-state index contributed by atoms with van der Waals surface area (Å²) in [6.45, 7) is 7.51. The highest BCUT2D eigenvalue weighted by atomic mass is 19.4. The lowest BCUT2D eigenvalue weighted by molar-refractivity contribution is -0.263. The number of aromatic nitrogens is 3. The van der Waals surface area contributed by atoms with Crippen molar-refractivity contribution in [1.29, 1.82) is 0 Å². The number of nitrogens with zero attached hydrogens (tertiary/aromatic N) is 4. The number of carbonyl (C=O) groups is 1. The van der Waals surface area contributed by atoms with Crippen LogP contribution in [0.5, 0.6) is 0 Å². The first-order chi connectivity index (χ1) is 10.7. The first kappa shape index (κ1) is 18.5. The highest BCUT2D eigenvalue weighted by molar-refractivity contribution is 5.68. The van der Waals surface area contributed by atoms with Crippen molar-refractivity contribution in [2.24, 2.45) is 0 Å². The number of halogens is 3. The van der Waals surface area contributed by atoms with Gasteiger partial charge in [0.25, 0.3) is 0 Å². The fraction of sp³-hybridized carbons (Fsp3) is 0.786. The lowest BCUT2D eigenvalue weighted by Crippen LogP contribution is -2.46. The molecule has 7 nitrogen and oxygen atoms in total. The zero-order valence-corrected chi connectivity index (χ0v) is 14.2. The first-order valence-electron chi connectivity index (χ1n) is 7.45. The maximum atomic E-state index is 13.1. The van der Waals surface area contributed by atoms with Gasteiger partial charge in [0.2, 0.25) is 5.60 Å². The fourth-order valence-corrected chi connectivity index (χ4v) is 2.45. The minimum atomic E-state index is -4.89. The van der Waals surface area contributed by atoms with E-state index in [9.17, 15) is 23.1 Å². The summed E-state index contributed by atoms with van der Waals surface area (Å²) in [5.41, 5.74) is -3.81. The molecule has 2 rings (SSSR count). The van der Waals surface area contributed by atoms with Crippen LogP contribution in [0.1, 0.15) is 52.3 Å². The molecule has 0 spiro atoms. The Morgan fingerprint density at radius 2 is 1.83 bits per heavy atom. The topological polar surface area (TPSA) is 80.5 Å². The molecule has 0 saturated heterocycles. The monoisotopic (exact) mass is 350 g/mol. The molecular weight excluding hydrogens is 329 g/mol. The van der Waals surface area contributed by atoms with Crippen LogP contribution in [-0.2, 0) is 16.9 Å². The molecule has 0 bridgehead atoms. The van der Waals surface area contributed by atoms with Gasteiger partial charge in [0, 0.05) is 6.54 Å². The molecule has 0 saturated carbocycles. The Bertz CT molecular complexity index is 634. The van der Waals surface area contributed by atoms with E-state index in [-0.39, 0.29) is 18.9 Å². The number of rotatable bonds is 1. The summed E-state index contributed by atoms with van der Waals surface area (Å²) in [4.78, 5) is 13.5. The Balaban J connectivity index is 2.31. The van der Waals surface area contributed by atoms with E-state index in [4.69, 9.17) is 4.74 Å². The summed E-state index contributed by atoms with van der Waals surface area (Å²) in [7, 11) is 0. The predicted molar refractivity (Wildman–Crippen MR) is 77.0 cm³/mol. The second-order valence-corrected chi connectivity index (χ2v) is 7.09. The van der Waals surface area contributed by atoms with Crippen LogP contribution in [0.2, 0.25) is 0 Å². The molecule has 1 aliphatic rings. The van der Waals surface area contributed by atoms with E-state index >= 15 is 0 Å². The van der Waals surface area contributed by atoms with Gasteiger partial charge in [-0.1, -0.05) is 0 Å². The lowest BCUT2D eigenvalue weighted by Gasteiger charge is -2.35. The summed E-state index contributed by atoms with van der Waals surface area (Å²) < 4.78 is 45.7. The van der Waals surface area contributed by atoms with Crippen molar-refractivity contribution < 1.29 is 27.8 Å². The number of hydrogen-bond donors (Lipinski definition) is 1. The van der Waals surface area contributed by atoms with Crippen LogP contribution < -0.4 is 0 Å². The van der Waals surface area contributed by atoms with Crippen molar-refractivity contribution in [2.45, 2.75) is 64.6 Å². The Labute approximate surface area is 137 Å². The van der Waals surface area contributed by atoms with Crippen LogP contribution in [0.15, 0.2) is 0 Å². The van der Waals surface area contributed by atoms with Crippen molar-refractivity contribution in [2.75, 3.05) is 6.54 Å². The molecule has 1 aromatic heterocycles. The van der Waals surface area contributed by atoms with Crippen molar-refractivity contribution >= 4 is 6.09 Å². The normalized spacial score (nSPS) is 21.2. The van der Waals surface area contributed by atoms with Gasteiger partial charge in [-0.2, -0.15) is 13.2 Å². The Morgan fingerprint density at radius 3 is 2.33 bits per heavy atom. The number of alkyl halides is 3. The van der Waals surface area contributed by atoms with Crippen molar-refractivity contribution in [1.82, 2.24) is 19.7 Å². The Hall–Kier alpha value is -1.84. The largest absolute Gasteiger partial charge is 0.444 e. The smallest absolute Gasteiger partial charge is 0.424 e. The van der Waals surface area contributed by atoms with E-state index in [0.717, 1.165) is 0 Å². The van der Waals surface area contributed by atoms with Gasteiger partial charge in [-0.25, -0.2) is 4.79 Å². The van der Waals surface area contributed by atoms with Crippen LogP contribution >= 0.6 is 0 Å². The molecule has 0 radical (unpaired) electrons. The summed E-state index contributed by atoms with van der Waals surface area (Å²) in [5.74, 6) is -0.416. The van der Waals surface area contributed by atoms with Gasteiger partial charge in [-0.15, -0.1) is 10.2 Å². The van der Waals surface area contributed by atoms with Crippen LogP contribution in [0, 0.1) is 0 Å². The van der Waals surface area contributed by atoms with Crippen LogP contribution in [0.3, 0.4) is 0 Å². The van der Waals surface area contributed by atoms with Crippen molar-refractivity contribution in [3.05, 3.63) is 11.6 Å². The lowest BCUT2D eigenvalue weighted by atomic mass is 10.0. The van der Waals surface area contributed by atoms with E-state index < -0.39 is 35.3 Å². The molecule has 136 valence electrons. The zero-order chi connectivity index (χ0) is 18.5. The molecule has 24 heavy (non-hydrogen) atoms. The number of fused-ring (bicyclic) bond motifs is 1. The minimum absolute atomic E-state index is 0.0415. The number of amides is 1. The molecule has 10 heteroatoms. The average molecular weight is 350 g/mol. The molecule has 0 aromatic carbocycles. The number of carbonyl (C=O) groups excluding carboxylic acids is 1. The molecule has 1 N–H and O–H groups in total. The van der Waals surface area contributed by atoms with Crippen molar-refractivity contribution in [3.8, 4) is 0 Å². The quantitative estimate of drug-likeness (QED) is 0.841. The van der Waals surface area contributed by atoms with Gasteiger partial charge in [0.1, 0.15) is 5.60 Å². The minimum Gasteiger partial charge on any atom is -0.444 e. The highest BCUT2D eigenvalue weighted by Gasteiger charge is 2.55. The molecule has 0 fully saturated rings. The SMILES string of the molecule is C[C@H]1CN(C(=O)OC(C)(C)C)Cc2nnc([C@@](C)(O)C(F)(F)F)n21. The predicted octanol–water partition coefficient (Wildman–Crippen LogP) is 2.36. The fourth-order valence-electron chi connectivity index (χ4n) is 2.45. The Kier molecular flexibility index (Phi) is 4.32.